The SMILES string of the molecule is Clc1ccc(C2(c3ccc(-c4cn[nH]c4)cc3)CCNCC2)cc1Cl. The molecule has 0 aliphatic carbocycles. The molecule has 0 atom stereocenters. The molecule has 128 valence electrons. The van der Waals surface area contributed by atoms with Gasteiger partial charge in [0.1, 0.15) is 0 Å². The molecule has 1 fully saturated rings. The average Bonchev–Trinajstić information content (AvgIpc) is 3.19. The Morgan fingerprint density at radius 1 is 0.840 bits per heavy atom. The largest absolute Gasteiger partial charge is 0.317 e. The molecule has 1 saturated heterocycles. The summed E-state index contributed by atoms with van der Waals surface area (Å²) < 4.78 is 0. The number of benzene rings is 2. The van der Waals surface area contributed by atoms with Crippen molar-refractivity contribution in [2.45, 2.75) is 18.3 Å². The van der Waals surface area contributed by atoms with E-state index in [4.69, 9.17) is 23.2 Å². The van der Waals surface area contributed by atoms with E-state index in [2.05, 4.69) is 45.8 Å². The molecule has 2 N–H and O–H groups in total. The highest BCUT2D eigenvalue weighted by atomic mass is 35.5. The van der Waals surface area contributed by atoms with Gasteiger partial charge in [0.05, 0.1) is 16.2 Å². The van der Waals surface area contributed by atoms with E-state index in [-0.39, 0.29) is 5.41 Å². The summed E-state index contributed by atoms with van der Waals surface area (Å²) in [6.07, 6.45) is 5.83. The molecule has 0 unspecified atom stereocenters. The predicted octanol–water partition coefficient (Wildman–Crippen LogP) is 5.05. The fourth-order valence-corrected chi connectivity index (χ4v) is 4.08. The summed E-state index contributed by atoms with van der Waals surface area (Å²) in [4.78, 5) is 0. The van der Waals surface area contributed by atoms with Crippen LogP contribution in [-0.2, 0) is 5.41 Å². The molecule has 4 rings (SSSR count). The average molecular weight is 372 g/mol. The summed E-state index contributed by atoms with van der Waals surface area (Å²) in [5.74, 6) is 0. The Hall–Kier alpha value is -1.81. The van der Waals surface area contributed by atoms with Crippen LogP contribution in [0.3, 0.4) is 0 Å². The van der Waals surface area contributed by atoms with Crippen molar-refractivity contribution in [2.75, 3.05) is 13.1 Å². The Balaban J connectivity index is 1.77. The fourth-order valence-electron chi connectivity index (χ4n) is 3.78. The lowest BCUT2D eigenvalue weighted by Crippen LogP contribution is -2.40. The van der Waals surface area contributed by atoms with E-state index in [0.717, 1.165) is 37.1 Å². The van der Waals surface area contributed by atoms with Gasteiger partial charge >= 0.3 is 0 Å². The third-order valence-corrected chi connectivity index (χ3v) is 5.94. The molecule has 0 spiro atoms. The smallest absolute Gasteiger partial charge is 0.0595 e. The van der Waals surface area contributed by atoms with Crippen molar-refractivity contribution in [3.05, 3.63) is 76.0 Å². The van der Waals surface area contributed by atoms with Crippen molar-refractivity contribution in [3.8, 4) is 11.1 Å². The molecule has 0 bridgehead atoms. The van der Waals surface area contributed by atoms with E-state index >= 15 is 0 Å². The van der Waals surface area contributed by atoms with Crippen LogP contribution in [-0.4, -0.2) is 23.3 Å². The van der Waals surface area contributed by atoms with Crippen molar-refractivity contribution in [2.24, 2.45) is 0 Å². The van der Waals surface area contributed by atoms with Crippen molar-refractivity contribution in [1.82, 2.24) is 15.5 Å². The quantitative estimate of drug-likeness (QED) is 0.675. The van der Waals surface area contributed by atoms with Crippen LogP contribution in [0, 0.1) is 0 Å². The van der Waals surface area contributed by atoms with Gasteiger partial charge in [-0.2, -0.15) is 5.10 Å². The first-order valence-electron chi connectivity index (χ1n) is 8.45. The zero-order valence-corrected chi connectivity index (χ0v) is 15.2. The van der Waals surface area contributed by atoms with Gasteiger partial charge in [-0.05, 0) is 54.8 Å². The van der Waals surface area contributed by atoms with Gasteiger partial charge in [-0.3, -0.25) is 5.10 Å². The molecular formula is C20H19Cl2N3. The van der Waals surface area contributed by atoms with E-state index in [0.29, 0.717) is 10.0 Å². The zero-order chi connectivity index (χ0) is 17.3. The number of H-pyrrole nitrogens is 1. The number of aromatic nitrogens is 2. The Kier molecular flexibility index (Phi) is 4.55. The van der Waals surface area contributed by atoms with E-state index < -0.39 is 0 Å². The van der Waals surface area contributed by atoms with Crippen LogP contribution in [0.15, 0.2) is 54.9 Å². The Bertz CT molecular complexity index is 851. The van der Waals surface area contributed by atoms with Gasteiger partial charge in [0, 0.05) is 17.2 Å². The highest BCUT2D eigenvalue weighted by Crippen LogP contribution is 2.42. The standard InChI is InChI=1S/C20H19Cl2N3/c21-18-6-5-17(11-19(18)22)20(7-9-23-10-8-20)16-3-1-14(2-4-16)15-12-24-25-13-15/h1-6,11-13,23H,7-10H2,(H,24,25). The van der Waals surface area contributed by atoms with Gasteiger partial charge in [0.2, 0.25) is 0 Å². The molecule has 1 aliphatic rings. The molecule has 1 aliphatic heterocycles. The summed E-state index contributed by atoms with van der Waals surface area (Å²) in [5, 5.41) is 11.6. The molecule has 25 heavy (non-hydrogen) atoms. The van der Waals surface area contributed by atoms with Crippen LogP contribution in [0.25, 0.3) is 11.1 Å². The molecular weight excluding hydrogens is 353 g/mol. The second-order valence-corrected chi connectivity index (χ2v) is 7.34. The minimum Gasteiger partial charge on any atom is -0.317 e. The van der Waals surface area contributed by atoms with Gasteiger partial charge in [-0.15, -0.1) is 0 Å². The number of halogens is 2. The Morgan fingerprint density at radius 2 is 1.56 bits per heavy atom. The van der Waals surface area contributed by atoms with Crippen molar-refractivity contribution in [3.63, 3.8) is 0 Å². The molecule has 2 heterocycles. The zero-order valence-electron chi connectivity index (χ0n) is 13.7. The summed E-state index contributed by atoms with van der Waals surface area (Å²) >= 11 is 12.5. The van der Waals surface area contributed by atoms with Crippen molar-refractivity contribution in [1.29, 1.82) is 0 Å². The van der Waals surface area contributed by atoms with E-state index in [9.17, 15) is 0 Å². The number of piperidine rings is 1. The van der Waals surface area contributed by atoms with Gasteiger partial charge in [0.15, 0.2) is 0 Å². The maximum Gasteiger partial charge on any atom is 0.0595 e. The topological polar surface area (TPSA) is 40.7 Å². The summed E-state index contributed by atoms with van der Waals surface area (Å²) in [7, 11) is 0. The summed E-state index contributed by atoms with van der Waals surface area (Å²) in [6, 6.07) is 14.8. The second-order valence-electron chi connectivity index (χ2n) is 6.53. The number of nitrogens with one attached hydrogen (secondary N) is 2. The van der Waals surface area contributed by atoms with Gasteiger partial charge < -0.3 is 5.32 Å². The lowest BCUT2D eigenvalue weighted by molar-refractivity contribution is 0.362. The Morgan fingerprint density at radius 3 is 2.20 bits per heavy atom. The van der Waals surface area contributed by atoms with Gasteiger partial charge in [-0.25, -0.2) is 0 Å². The van der Waals surface area contributed by atoms with E-state index in [1.54, 1.807) is 0 Å². The highest BCUT2D eigenvalue weighted by Gasteiger charge is 2.36. The molecule has 5 heteroatoms. The number of hydrogen-bond donors (Lipinski definition) is 2. The van der Waals surface area contributed by atoms with Crippen LogP contribution in [0.5, 0.6) is 0 Å². The lowest BCUT2D eigenvalue weighted by atomic mass is 9.68. The number of hydrogen-bond acceptors (Lipinski definition) is 2. The van der Waals surface area contributed by atoms with Gasteiger partial charge in [-0.1, -0.05) is 53.5 Å². The van der Waals surface area contributed by atoms with Crippen LogP contribution in [0.2, 0.25) is 10.0 Å². The number of aromatic amines is 1. The second kappa shape index (κ2) is 6.83. The first-order valence-corrected chi connectivity index (χ1v) is 9.21. The first-order chi connectivity index (χ1) is 12.2. The molecule has 3 aromatic rings. The van der Waals surface area contributed by atoms with E-state index in [1.165, 1.54) is 11.1 Å². The van der Waals surface area contributed by atoms with Crippen LogP contribution >= 0.6 is 23.2 Å². The summed E-state index contributed by atoms with van der Waals surface area (Å²) in [5.41, 5.74) is 4.78. The molecule has 2 aromatic carbocycles. The van der Waals surface area contributed by atoms with Crippen LogP contribution in [0.1, 0.15) is 24.0 Å². The minimum absolute atomic E-state index is 0.0333. The summed E-state index contributed by atoms with van der Waals surface area (Å²) in [6.45, 7) is 1.98. The first kappa shape index (κ1) is 16.6. The van der Waals surface area contributed by atoms with Crippen molar-refractivity contribution < 1.29 is 0 Å². The third-order valence-electron chi connectivity index (χ3n) is 5.20. The van der Waals surface area contributed by atoms with Gasteiger partial charge in [0.25, 0.3) is 0 Å². The molecule has 0 amide bonds. The minimum atomic E-state index is -0.0333. The maximum absolute atomic E-state index is 6.32. The van der Waals surface area contributed by atoms with Crippen LogP contribution in [0.4, 0.5) is 0 Å². The monoisotopic (exact) mass is 371 g/mol. The molecule has 1 aromatic heterocycles. The maximum atomic E-state index is 6.32. The van der Waals surface area contributed by atoms with Crippen molar-refractivity contribution >= 4 is 23.2 Å². The molecule has 0 radical (unpaired) electrons. The Labute approximate surface area is 157 Å². The predicted molar refractivity (Wildman–Crippen MR) is 103 cm³/mol. The number of rotatable bonds is 3. The van der Waals surface area contributed by atoms with Crippen LogP contribution < -0.4 is 5.32 Å². The number of nitrogens with zero attached hydrogens (tertiary/aromatic N) is 1. The highest BCUT2D eigenvalue weighted by molar-refractivity contribution is 6.42. The van der Waals surface area contributed by atoms with E-state index in [1.807, 2.05) is 24.5 Å². The fraction of sp³-hybridized carbons (Fsp3) is 0.250. The third kappa shape index (κ3) is 3.08. The lowest BCUT2D eigenvalue weighted by Gasteiger charge is -2.39. The normalized spacial score (nSPS) is 16.7. The molecule has 0 saturated carbocycles. The molecule has 3 nitrogen and oxygen atoms in total.